The number of aliphatic imine (C=N–C) groups is 2. The molecule has 2 heterocycles. The fourth-order valence-electron chi connectivity index (χ4n) is 2.43. The van der Waals surface area contributed by atoms with Crippen molar-refractivity contribution in [2.75, 3.05) is 18.4 Å². The van der Waals surface area contributed by atoms with Crippen molar-refractivity contribution in [3.8, 4) is 0 Å². The van der Waals surface area contributed by atoms with Gasteiger partial charge in [0.2, 0.25) is 0 Å². The van der Waals surface area contributed by atoms with E-state index < -0.39 is 0 Å². The second-order valence-electron chi connectivity index (χ2n) is 5.61. The molecule has 0 radical (unpaired) electrons. The van der Waals surface area contributed by atoms with E-state index in [2.05, 4.69) is 45.4 Å². The highest BCUT2D eigenvalue weighted by Crippen LogP contribution is 2.38. The Hall–Kier alpha value is -2.25. The third kappa shape index (κ3) is 3.98. The summed E-state index contributed by atoms with van der Waals surface area (Å²) >= 11 is 1.51. The smallest absolute Gasteiger partial charge is 0.160 e. The number of nitrogens with one attached hydrogen (secondary N) is 2. The maximum atomic E-state index is 9.48. The van der Waals surface area contributed by atoms with Crippen LogP contribution in [-0.2, 0) is 6.42 Å². The van der Waals surface area contributed by atoms with Gasteiger partial charge >= 0.3 is 0 Å². The molecule has 0 bridgehead atoms. The molecule has 1 aromatic carbocycles. The molecule has 126 valence electrons. The number of aliphatic hydroxyl groups excluding tert-OH is 1. The number of amidine groups is 1. The molecule has 1 unspecified atom stereocenters. The first-order chi connectivity index (χ1) is 11.7. The zero-order chi connectivity index (χ0) is 16.9. The zero-order valence-corrected chi connectivity index (χ0v) is 14.1. The van der Waals surface area contributed by atoms with Gasteiger partial charge in [-0.05, 0) is 17.7 Å². The minimum Gasteiger partial charge on any atom is -0.390 e. The molecular formula is C17H21N5OS. The summed E-state index contributed by atoms with van der Waals surface area (Å²) in [7, 11) is 0. The van der Waals surface area contributed by atoms with Crippen LogP contribution in [0.25, 0.3) is 0 Å². The summed E-state index contributed by atoms with van der Waals surface area (Å²) in [6.07, 6.45) is 4.59. The highest BCUT2D eigenvalue weighted by Gasteiger charge is 2.17. The van der Waals surface area contributed by atoms with Gasteiger partial charge in [0.1, 0.15) is 10.9 Å². The third-order valence-corrected chi connectivity index (χ3v) is 4.64. The first-order valence-corrected chi connectivity index (χ1v) is 8.63. The van der Waals surface area contributed by atoms with E-state index in [4.69, 9.17) is 5.73 Å². The second kappa shape index (κ2) is 7.55. The van der Waals surface area contributed by atoms with Crippen molar-refractivity contribution in [3.63, 3.8) is 0 Å². The first-order valence-electron chi connectivity index (χ1n) is 7.82. The van der Waals surface area contributed by atoms with Gasteiger partial charge in [-0.25, -0.2) is 4.99 Å². The van der Waals surface area contributed by atoms with Crippen LogP contribution in [0, 0.1) is 0 Å². The van der Waals surface area contributed by atoms with Crippen LogP contribution in [-0.4, -0.2) is 36.4 Å². The lowest BCUT2D eigenvalue weighted by molar-refractivity contribution is 0.181. The number of hydrogen-bond donors (Lipinski definition) is 4. The van der Waals surface area contributed by atoms with Crippen LogP contribution in [0.4, 0.5) is 5.69 Å². The Balaban J connectivity index is 1.73. The SMILES string of the molecule is C=CC/C=N\C1=C(N)Sc2ccc(CC3=NCC(O)CN3)cc2N1. The van der Waals surface area contributed by atoms with Gasteiger partial charge in [-0.1, -0.05) is 23.9 Å². The van der Waals surface area contributed by atoms with Crippen LogP contribution in [0.15, 0.2) is 56.6 Å². The molecule has 3 rings (SSSR count). The molecule has 0 fully saturated rings. The topological polar surface area (TPSA) is 95.0 Å². The van der Waals surface area contributed by atoms with Crippen molar-refractivity contribution < 1.29 is 5.11 Å². The van der Waals surface area contributed by atoms with Crippen molar-refractivity contribution in [2.45, 2.75) is 23.8 Å². The van der Waals surface area contributed by atoms with Gasteiger partial charge in [0.25, 0.3) is 0 Å². The molecule has 0 saturated heterocycles. The number of hydrogen-bond acceptors (Lipinski definition) is 7. The summed E-state index contributed by atoms with van der Waals surface area (Å²) in [5.74, 6) is 1.57. The van der Waals surface area contributed by atoms with E-state index in [0.29, 0.717) is 36.8 Å². The summed E-state index contributed by atoms with van der Waals surface area (Å²) in [6.45, 7) is 4.69. The molecule has 2 aliphatic rings. The van der Waals surface area contributed by atoms with Gasteiger partial charge in [0.05, 0.1) is 18.3 Å². The number of nitrogens with zero attached hydrogens (tertiary/aromatic N) is 2. The maximum Gasteiger partial charge on any atom is 0.160 e. The van der Waals surface area contributed by atoms with Crippen LogP contribution in [0.3, 0.4) is 0 Å². The second-order valence-corrected chi connectivity index (χ2v) is 6.69. The molecule has 0 aromatic heterocycles. The minimum atomic E-state index is -0.389. The molecular weight excluding hydrogens is 322 g/mol. The van der Waals surface area contributed by atoms with Crippen LogP contribution in [0.2, 0.25) is 0 Å². The molecule has 0 spiro atoms. The molecule has 0 saturated carbocycles. The van der Waals surface area contributed by atoms with E-state index in [1.54, 1.807) is 12.3 Å². The molecule has 0 aliphatic carbocycles. The van der Waals surface area contributed by atoms with Crippen molar-refractivity contribution in [1.82, 2.24) is 5.32 Å². The lowest BCUT2D eigenvalue weighted by atomic mass is 10.1. The highest BCUT2D eigenvalue weighted by atomic mass is 32.2. The predicted octanol–water partition coefficient (Wildman–Crippen LogP) is 1.84. The summed E-state index contributed by atoms with van der Waals surface area (Å²) in [5.41, 5.74) is 8.20. The Morgan fingerprint density at radius 1 is 1.50 bits per heavy atom. The monoisotopic (exact) mass is 343 g/mol. The number of fused-ring (bicyclic) bond motifs is 1. The summed E-state index contributed by atoms with van der Waals surface area (Å²) in [5, 5.41) is 16.6. The zero-order valence-electron chi connectivity index (χ0n) is 13.3. The van der Waals surface area contributed by atoms with Crippen LogP contribution in [0.1, 0.15) is 12.0 Å². The molecule has 24 heavy (non-hydrogen) atoms. The summed E-state index contributed by atoms with van der Waals surface area (Å²) in [4.78, 5) is 9.81. The van der Waals surface area contributed by atoms with Crippen LogP contribution < -0.4 is 16.4 Å². The lowest BCUT2D eigenvalue weighted by Crippen LogP contribution is -2.39. The predicted molar refractivity (Wildman–Crippen MR) is 100 cm³/mol. The Kier molecular flexibility index (Phi) is 5.22. The summed E-state index contributed by atoms with van der Waals surface area (Å²) < 4.78 is 0. The summed E-state index contributed by atoms with van der Waals surface area (Å²) in [6, 6.07) is 6.21. The first kappa shape index (κ1) is 16.6. The standard InChI is InChI=1S/C17H21N5OS/c1-2-3-6-19-17-16(18)24-14-5-4-11(7-13(14)22-17)8-15-20-9-12(23)10-21-15/h2,4-7,12,22-23H,1,3,8-10,18H2,(H,20,21)/b19-6-. The number of thioether (sulfide) groups is 1. The number of allylic oxidation sites excluding steroid dienone is 1. The Morgan fingerprint density at radius 3 is 3.12 bits per heavy atom. The van der Waals surface area contributed by atoms with Crippen molar-refractivity contribution in [1.29, 1.82) is 0 Å². The van der Waals surface area contributed by atoms with Crippen molar-refractivity contribution in [3.05, 3.63) is 47.3 Å². The van der Waals surface area contributed by atoms with Gasteiger partial charge in [-0.2, -0.15) is 0 Å². The molecule has 5 N–H and O–H groups in total. The molecule has 1 aromatic rings. The molecule has 1 atom stereocenters. The van der Waals surface area contributed by atoms with Gasteiger partial charge in [-0.15, -0.1) is 6.58 Å². The highest BCUT2D eigenvalue weighted by molar-refractivity contribution is 8.03. The number of rotatable bonds is 5. The van der Waals surface area contributed by atoms with Crippen LogP contribution >= 0.6 is 11.8 Å². The van der Waals surface area contributed by atoms with Gasteiger partial charge < -0.3 is 21.5 Å². The molecule has 0 amide bonds. The number of nitrogens with two attached hydrogens (primary N) is 1. The normalized spacial score (nSPS) is 20.2. The third-order valence-electron chi connectivity index (χ3n) is 3.65. The quantitative estimate of drug-likeness (QED) is 0.483. The van der Waals surface area contributed by atoms with Crippen LogP contribution in [0.5, 0.6) is 0 Å². The fraction of sp³-hybridized carbons (Fsp3) is 0.294. The van der Waals surface area contributed by atoms with E-state index in [-0.39, 0.29) is 6.10 Å². The van der Waals surface area contributed by atoms with E-state index in [1.807, 2.05) is 0 Å². The van der Waals surface area contributed by atoms with E-state index in [0.717, 1.165) is 22.0 Å². The Morgan fingerprint density at radius 2 is 2.38 bits per heavy atom. The van der Waals surface area contributed by atoms with Gasteiger partial charge in [0, 0.05) is 30.5 Å². The van der Waals surface area contributed by atoms with E-state index in [1.165, 1.54) is 11.8 Å². The number of β-amino-alcohol motifs (C(OH)–C–C–N with tert-alkyl or cyclic N) is 1. The Labute approximate surface area is 145 Å². The van der Waals surface area contributed by atoms with E-state index in [9.17, 15) is 5.11 Å². The average molecular weight is 343 g/mol. The Bertz CT molecular complexity index is 726. The molecule has 2 aliphatic heterocycles. The van der Waals surface area contributed by atoms with Gasteiger partial charge in [-0.3, -0.25) is 4.99 Å². The molecule has 7 heteroatoms. The minimum absolute atomic E-state index is 0.389. The molecule has 6 nitrogen and oxygen atoms in total. The number of aliphatic hydroxyl groups is 1. The maximum absolute atomic E-state index is 9.48. The van der Waals surface area contributed by atoms with Crippen molar-refractivity contribution in [2.24, 2.45) is 15.7 Å². The van der Waals surface area contributed by atoms with E-state index >= 15 is 0 Å². The lowest BCUT2D eigenvalue weighted by Gasteiger charge is -2.22. The van der Waals surface area contributed by atoms with Crippen molar-refractivity contribution >= 4 is 29.5 Å². The largest absolute Gasteiger partial charge is 0.390 e. The number of anilines is 1. The fourth-order valence-corrected chi connectivity index (χ4v) is 3.22. The number of benzene rings is 1. The van der Waals surface area contributed by atoms with Gasteiger partial charge in [0.15, 0.2) is 5.82 Å². The average Bonchev–Trinajstić information content (AvgIpc) is 2.58.